The Morgan fingerprint density at radius 3 is 2.38 bits per heavy atom. The molecule has 0 N–H and O–H groups in total. The van der Waals surface area contributed by atoms with Crippen molar-refractivity contribution in [3.05, 3.63) is 58.1 Å². The number of nitriles is 1. The van der Waals surface area contributed by atoms with Gasteiger partial charge in [0.25, 0.3) is 0 Å². The van der Waals surface area contributed by atoms with Crippen LogP contribution < -0.4 is 0 Å². The molecule has 16 heavy (non-hydrogen) atoms. The first-order valence-corrected chi connectivity index (χ1v) is 5.77. The summed E-state index contributed by atoms with van der Waals surface area (Å²) in [5, 5.41) is 9.16. The van der Waals surface area contributed by atoms with E-state index < -0.39 is 0 Å². The van der Waals surface area contributed by atoms with Crippen LogP contribution in [0.4, 0.5) is 0 Å². The summed E-state index contributed by atoms with van der Waals surface area (Å²) in [4.78, 5) is 0. The van der Waals surface area contributed by atoms with Crippen LogP contribution >= 0.6 is 15.9 Å². The number of hydrogen-bond acceptors (Lipinski definition) is 1. The molecule has 0 fully saturated rings. The molecule has 0 unspecified atom stereocenters. The van der Waals surface area contributed by atoms with E-state index in [-0.39, 0.29) is 0 Å². The molecule has 78 valence electrons. The van der Waals surface area contributed by atoms with Gasteiger partial charge in [-0.1, -0.05) is 46.3 Å². The molecular weight excluding hydrogens is 262 g/mol. The molecule has 0 aliphatic heterocycles. The maximum absolute atomic E-state index is 9.16. The van der Waals surface area contributed by atoms with Crippen LogP contribution in [0.2, 0.25) is 0 Å². The summed E-state index contributed by atoms with van der Waals surface area (Å²) in [6, 6.07) is 16.2. The first-order chi connectivity index (χ1) is 7.72. The van der Waals surface area contributed by atoms with E-state index in [1.54, 1.807) is 0 Å². The lowest BCUT2D eigenvalue weighted by atomic mass is 9.97. The summed E-state index contributed by atoms with van der Waals surface area (Å²) in [7, 11) is 0. The number of rotatable bonds is 1. The minimum Gasteiger partial charge on any atom is -0.192 e. The number of hydrogen-bond donors (Lipinski definition) is 0. The Morgan fingerprint density at radius 1 is 1.06 bits per heavy atom. The summed E-state index contributed by atoms with van der Waals surface area (Å²) in [6.45, 7) is 1.96. The van der Waals surface area contributed by atoms with Crippen molar-refractivity contribution in [3.63, 3.8) is 0 Å². The Bertz CT molecular complexity index is 550. The predicted molar refractivity (Wildman–Crippen MR) is 69.0 cm³/mol. The molecule has 0 heterocycles. The van der Waals surface area contributed by atoms with Crippen molar-refractivity contribution in [1.82, 2.24) is 0 Å². The topological polar surface area (TPSA) is 23.8 Å². The zero-order valence-electron chi connectivity index (χ0n) is 8.87. The van der Waals surface area contributed by atoms with Crippen molar-refractivity contribution in [2.24, 2.45) is 0 Å². The minimum atomic E-state index is 0.754. The van der Waals surface area contributed by atoms with E-state index in [1.807, 2.05) is 49.4 Å². The molecule has 0 atom stereocenters. The molecule has 2 heteroatoms. The summed E-state index contributed by atoms with van der Waals surface area (Å²) >= 11 is 3.40. The molecule has 0 aliphatic rings. The van der Waals surface area contributed by atoms with Crippen LogP contribution in [-0.4, -0.2) is 0 Å². The number of halogens is 1. The molecule has 0 bridgehead atoms. The van der Waals surface area contributed by atoms with Crippen LogP contribution in [0.15, 0.2) is 46.9 Å². The van der Waals surface area contributed by atoms with Crippen molar-refractivity contribution in [2.45, 2.75) is 6.92 Å². The van der Waals surface area contributed by atoms with Crippen molar-refractivity contribution in [1.29, 1.82) is 5.26 Å². The highest BCUT2D eigenvalue weighted by molar-refractivity contribution is 9.10. The largest absolute Gasteiger partial charge is 0.192 e. The fourth-order valence-corrected chi connectivity index (χ4v) is 1.95. The lowest BCUT2D eigenvalue weighted by Crippen LogP contribution is -1.87. The van der Waals surface area contributed by atoms with E-state index in [1.165, 1.54) is 0 Å². The van der Waals surface area contributed by atoms with Crippen LogP contribution in [-0.2, 0) is 0 Å². The molecule has 0 spiro atoms. The lowest BCUT2D eigenvalue weighted by Gasteiger charge is -2.06. The van der Waals surface area contributed by atoms with Crippen LogP contribution in [0.1, 0.15) is 11.1 Å². The zero-order chi connectivity index (χ0) is 11.5. The van der Waals surface area contributed by atoms with E-state index in [4.69, 9.17) is 5.26 Å². The quantitative estimate of drug-likeness (QED) is 0.759. The Labute approximate surface area is 103 Å². The molecule has 0 saturated carbocycles. The Morgan fingerprint density at radius 2 is 1.75 bits per heavy atom. The van der Waals surface area contributed by atoms with Crippen molar-refractivity contribution >= 4 is 15.9 Å². The Kier molecular flexibility index (Phi) is 3.07. The third-order valence-corrected chi connectivity index (χ3v) is 3.07. The number of benzene rings is 2. The van der Waals surface area contributed by atoms with Crippen molar-refractivity contribution < 1.29 is 0 Å². The van der Waals surface area contributed by atoms with E-state index in [9.17, 15) is 0 Å². The SMILES string of the molecule is Cc1cccc(-c2ccc(Br)cc2)c1C#N. The third kappa shape index (κ3) is 2.00. The Balaban J connectivity index is 2.61. The van der Waals surface area contributed by atoms with Gasteiger partial charge in [-0.2, -0.15) is 5.26 Å². The number of nitrogens with zero attached hydrogens (tertiary/aromatic N) is 1. The monoisotopic (exact) mass is 271 g/mol. The predicted octanol–water partition coefficient (Wildman–Crippen LogP) is 4.30. The molecule has 0 radical (unpaired) electrons. The van der Waals surface area contributed by atoms with Crippen molar-refractivity contribution in [2.75, 3.05) is 0 Å². The second-order valence-corrected chi connectivity index (χ2v) is 4.53. The van der Waals surface area contributed by atoms with E-state index in [2.05, 4.69) is 22.0 Å². The molecule has 1 nitrogen and oxygen atoms in total. The number of aryl methyl sites for hydroxylation is 1. The van der Waals surface area contributed by atoms with Crippen LogP contribution in [0.25, 0.3) is 11.1 Å². The standard InChI is InChI=1S/C14H10BrN/c1-10-3-2-4-13(14(10)9-16)11-5-7-12(15)8-6-11/h2-8H,1H3. The second-order valence-electron chi connectivity index (χ2n) is 3.62. The summed E-state index contributed by atoms with van der Waals surface area (Å²) < 4.78 is 1.04. The normalized spacial score (nSPS) is 9.81. The minimum absolute atomic E-state index is 0.754. The fourth-order valence-electron chi connectivity index (χ4n) is 1.69. The first-order valence-electron chi connectivity index (χ1n) is 4.98. The highest BCUT2D eigenvalue weighted by Gasteiger charge is 2.06. The van der Waals surface area contributed by atoms with Crippen LogP contribution in [0, 0.1) is 18.3 Å². The highest BCUT2D eigenvalue weighted by Crippen LogP contribution is 2.26. The summed E-state index contributed by atoms with van der Waals surface area (Å²) in [5.74, 6) is 0. The van der Waals surface area contributed by atoms with E-state index in [0.717, 1.165) is 26.7 Å². The smallest absolute Gasteiger partial charge is 0.100 e. The average molecular weight is 272 g/mol. The van der Waals surface area contributed by atoms with Gasteiger partial charge in [-0.15, -0.1) is 0 Å². The molecule has 2 aromatic carbocycles. The van der Waals surface area contributed by atoms with Crippen LogP contribution in [0.3, 0.4) is 0 Å². The second kappa shape index (κ2) is 4.51. The maximum Gasteiger partial charge on any atom is 0.100 e. The molecular formula is C14H10BrN. The maximum atomic E-state index is 9.16. The van der Waals surface area contributed by atoms with Gasteiger partial charge in [0.15, 0.2) is 0 Å². The molecule has 2 aromatic rings. The van der Waals surface area contributed by atoms with Crippen LogP contribution in [0.5, 0.6) is 0 Å². The molecule has 0 saturated heterocycles. The fraction of sp³-hybridized carbons (Fsp3) is 0.0714. The molecule has 0 aromatic heterocycles. The van der Waals surface area contributed by atoms with Gasteiger partial charge in [-0.25, -0.2) is 0 Å². The van der Waals surface area contributed by atoms with Gasteiger partial charge < -0.3 is 0 Å². The van der Waals surface area contributed by atoms with Gasteiger partial charge in [0.1, 0.15) is 6.07 Å². The van der Waals surface area contributed by atoms with Gasteiger partial charge in [0.05, 0.1) is 5.56 Å². The van der Waals surface area contributed by atoms with Gasteiger partial charge in [0.2, 0.25) is 0 Å². The first kappa shape index (κ1) is 10.9. The Hall–Kier alpha value is -1.59. The van der Waals surface area contributed by atoms with Gasteiger partial charge in [-0.3, -0.25) is 0 Å². The van der Waals surface area contributed by atoms with E-state index in [0.29, 0.717) is 0 Å². The average Bonchev–Trinajstić information content (AvgIpc) is 2.30. The molecule has 0 aliphatic carbocycles. The van der Waals surface area contributed by atoms with Gasteiger partial charge in [0, 0.05) is 4.47 Å². The van der Waals surface area contributed by atoms with Gasteiger partial charge in [-0.05, 0) is 35.7 Å². The van der Waals surface area contributed by atoms with E-state index >= 15 is 0 Å². The summed E-state index contributed by atoms with van der Waals surface area (Å²) in [5.41, 5.74) is 3.84. The van der Waals surface area contributed by atoms with Gasteiger partial charge >= 0.3 is 0 Å². The molecule has 2 rings (SSSR count). The lowest BCUT2D eigenvalue weighted by molar-refractivity contribution is 1.39. The zero-order valence-corrected chi connectivity index (χ0v) is 10.5. The third-order valence-electron chi connectivity index (χ3n) is 2.54. The highest BCUT2D eigenvalue weighted by atomic mass is 79.9. The molecule has 0 amide bonds. The summed E-state index contributed by atoms with van der Waals surface area (Å²) in [6.07, 6.45) is 0. The van der Waals surface area contributed by atoms with Crippen molar-refractivity contribution in [3.8, 4) is 17.2 Å².